The van der Waals surface area contributed by atoms with Crippen LogP contribution in [0.5, 0.6) is 0 Å². The minimum atomic E-state index is 0.0178. The second kappa shape index (κ2) is 7.46. The van der Waals surface area contributed by atoms with Crippen molar-refractivity contribution < 1.29 is 4.79 Å². The summed E-state index contributed by atoms with van der Waals surface area (Å²) < 4.78 is 2.01. The summed E-state index contributed by atoms with van der Waals surface area (Å²) in [6.45, 7) is 10.6. The van der Waals surface area contributed by atoms with Crippen LogP contribution in [0.15, 0.2) is 31.1 Å². The number of hydrogen-bond acceptors (Lipinski definition) is 2. The summed E-state index contributed by atoms with van der Waals surface area (Å²) in [5.41, 5.74) is 1.17. The Kier molecular flexibility index (Phi) is 5.62. The lowest BCUT2D eigenvalue weighted by Gasteiger charge is -2.32. The molecule has 0 N–H and O–H groups in total. The molecule has 1 aromatic heterocycles. The van der Waals surface area contributed by atoms with Gasteiger partial charge in [-0.25, -0.2) is 0 Å². The highest BCUT2D eigenvalue weighted by Crippen LogP contribution is 2.16. The van der Waals surface area contributed by atoms with Crippen molar-refractivity contribution in [2.45, 2.75) is 26.3 Å². The van der Waals surface area contributed by atoms with Gasteiger partial charge >= 0.3 is 0 Å². The van der Waals surface area contributed by atoms with E-state index in [1.807, 2.05) is 22.7 Å². The number of aryl methyl sites for hydroxylation is 1. The molecular formula is C17H27N3O. The van der Waals surface area contributed by atoms with Gasteiger partial charge in [-0.3, -0.25) is 4.79 Å². The zero-order chi connectivity index (χ0) is 15.2. The van der Waals surface area contributed by atoms with Crippen molar-refractivity contribution in [3.8, 4) is 0 Å². The topological polar surface area (TPSA) is 28.5 Å². The molecule has 0 unspecified atom stereocenters. The van der Waals surface area contributed by atoms with Crippen molar-refractivity contribution in [3.63, 3.8) is 0 Å². The fourth-order valence-electron chi connectivity index (χ4n) is 2.82. The highest BCUT2D eigenvalue weighted by Gasteiger charge is 2.18. The quantitative estimate of drug-likeness (QED) is 0.752. The van der Waals surface area contributed by atoms with E-state index in [-0.39, 0.29) is 5.91 Å². The average molecular weight is 289 g/mol. The molecule has 0 spiro atoms. The van der Waals surface area contributed by atoms with E-state index in [1.165, 1.54) is 24.5 Å². The van der Waals surface area contributed by atoms with E-state index >= 15 is 0 Å². The maximum Gasteiger partial charge on any atom is 0.246 e. The molecule has 0 saturated carbocycles. The summed E-state index contributed by atoms with van der Waals surface area (Å²) in [6.07, 6.45) is 8.03. The first-order chi connectivity index (χ1) is 10.1. The number of piperidine rings is 1. The monoisotopic (exact) mass is 289 g/mol. The minimum absolute atomic E-state index is 0.0178. The van der Waals surface area contributed by atoms with E-state index in [0.717, 1.165) is 32.1 Å². The van der Waals surface area contributed by atoms with Gasteiger partial charge in [-0.05, 0) is 49.6 Å². The Hall–Kier alpha value is -1.55. The molecule has 0 aliphatic carbocycles. The lowest BCUT2D eigenvalue weighted by Crippen LogP contribution is -2.40. The first-order valence-electron chi connectivity index (χ1n) is 7.83. The molecule has 1 amide bonds. The fourth-order valence-corrected chi connectivity index (χ4v) is 2.82. The van der Waals surface area contributed by atoms with Crippen molar-refractivity contribution >= 4 is 5.91 Å². The van der Waals surface area contributed by atoms with Gasteiger partial charge in [0.15, 0.2) is 0 Å². The maximum atomic E-state index is 12.0. The molecule has 0 radical (unpaired) electrons. The number of nitrogens with zero attached hydrogens (tertiary/aromatic N) is 3. The zero-order valence-electron chi connectivity index (χ0n) is 13.3. The van der Waals surface area contributed by atoms with E-state index in [2.05, 4.69) is 30.7 Å². The molecule has 1 fully saturated rings. The molecular weight excluding hydrogens is 262 g/mol. The molecule has 0 atom stereocenters. The number of carbonyl (C=O) groups excluding carboxylic acids is 1. The highest BCUT2D eigenvalue weighted by molar-refractivity contribution is 5.86. The van der Waals surface area contributed by atoms with Crippen LogP contribution in [-0.4, -0.2) is 46.5 Å². The van der Waals surface area contributed by atoms with Crippen LogP contribution in [0.25, 0.3) is 0 Å². The van der Waals surface area contributed by atoms with Crippen molar-refractivity contribution in [1.82, 2.24) is 14.4 Å². The summed E-state index contributed by atoms with van der Waals surface area (Å²) in [4.78, 5) is 16.4. The lowest BCUT2D eigenvalue weighted by molar-refractivity contribution is -0.126. The molecule has 116 valence electrons. The predicted molar refractivity (Wildman–Crippen MR) is 85.9 cm³/mol. The molecule has 2 rings (SSSR count). The number of aromatic nitrogens is 1. The van der Waals surface area contributed by atoms with Gasteiger partial charge in [0.1, 0.15) is 0 Å². The number of amides is 1. The molecule has 4 nitrogen and oxygen atoms in total. The third-order valence-electron chi connectivity index (χ3n) is 4.32. The van der Waals surface area contributed by atoms with E-state index in [1.54, 1.807) is 0 Å². The Bertz CT molecular complexity index is 472. The van der Waals surface area contributed by atoms with Gasteiger partial charge in [-0.15, -0.1) is 0 Å². The molecule has 0 bridgehead atoms. The van der Waals surface area contributed by atoms with Gasteiger partial charge in [0, 0.05) is 39.1 Å². The molecule has 1 saturated heterocycles. The highest BCUT2D eigenvalue weighted by atomic mass is 16.2. The SMILES string of the molecule is C=CC(=O)N(CCN1CCC(C)CC1)Cc1ccn(C)c1. The van der Waals surface area contributed by atoms with Gasteiger partial charge in [0.25, 0.3) is 0 Å². The van der Waals surface area contributed by atoms with E-state index in [0.29, 0.717) is 6.54 Å². The molecule has 4 heteroatoms. The van der Waals surface area contributed by atoms with Crippen LogP contribution >= 0.6 is 0 Å². The smallest absolute Gasteiger partial charge is 0.246 e. The van der Waals surface area contributed by atoms with E-state index in [4.69, 9.17) is 0 Å². The standard InChI is InChI=1S/C17H27N3O/c1-4-17(21)20(14-16-7-8-18(3)13-16)12-11-19-9-5-15(2)6-10-19/h4,7-8,13,15H,1,5-6,9-12,14H2,2-3H3. The van der Waals surface area contributed by atoms with Crippen molar-refractivity contribution in [2.24, 2.45) is 13.0 Å². The second-order valence-electron chi connectivity index (χ2n) is 6.17. The van der Waals surface area contributed by atoms with Gasteiger partial charge in [0.2, 0.25) is 5.91 Å². The fraction of sp³-hybridized carbons (Fsp3) is 0.588. The predicted octanol–water partition coefficient (Wildman–Crippen LogP) is 2.27. The molecule has 2 heterocycles. The Morgan fingerprint density at radius 2 is 2.19 bits per heavy atom. The molecule has 1 aliphatic heterocycles. The average Bonchev–Trinajstić information content (AvgIpc) is 2.89. The van der Waals surface area contributed by atoms with Crippen molar-refractivity contribution in [1.29, 1.82) is 0 Å². The molecule has 1 aromatic rings. The van der Waals surface area contributed by atoms with E-state index < -0.39 is 0 Å². The summed E-state index contributed by atoms with van der Waals surface area (Å²) in [5.74, 6) is 0.862. The van der Waals surface area contributed by atoms with Crippen LogP contribution in [-0.2, 0) is 18.4 Å². The van der Waals surface area contributed by atoms with Crippen LogP contribution < -0.4 is 0 Å². The van der Waals surface area contributed by atoms with E-state index in [9.17, 15) is 4.79 Å². The van der Waals surface area contributed by atoms with Gasteiger partial charge in [0.05, 0.1) is 0 Å². The zero-order valence-corrected chi connectivity index (χ0v) is 13.3. The maximum absolute atomic E-state index is 12.0. The van der Waals surface area contributed by atoms with Crippen LogP contribution in [0.3, 0.4) is 0 Å². The van der Waals surface area contributed by atoms with Crippen LogP contribution in [0.1, 0.15) is 25.3 Å². The lowest BCUT2D eigenvalue weighted by atomic mass is 9.99. The van der Waals surface area contributed by atoms with Crippen LogP contribution in [0, 0.1) is 5.92 Å². The number of rotatable bonds is 6. The summed E-state index contributed by atoms with van der Waals surface area (Å²) in [6, 6.07) is 2.06. The number of hydrogen-bond donors (Lipinski definition) is 0. The van der Waals surface area contributed by atoms with Gasteiger partial charge in [-0.2, -0.15) is 0 Å². The summed E-state index contributed by atoms with van der Waals surface area (Å²) >= 11 is 0. The van der Waals surface area contributed by atoms with Gasteiger partial charge < -0.3 is 14.4 Å². The minimum Gasteiger partial charge on any atom is -0.357 e. The largest absolute Gasteiger partial charge is 0.357 e. The molecule has 0 aromatic carbocycles. The Balaban J connectivity index is 1.87. The number of likely N-dealkylation sites (tertiary alicyclic amines) is 1. The molecule has 1 aliphatic rings. The Morgan fingerprint density at radius 1 is 1.48 bits per heavy atom. The first-order valence-corrected chi connectivity index (χ1v) is 7.83. The number of carbonyl (C=O) groups is 1. The Labute approximate surface area is 128 Å². The third kappa shape index (κ3) is 4.74. The van der Waals surface area contributed by atoms with Crippen molar-refractivity contribution in [3.05, 3.63) is 36.7 Å². The second-order valence-corrected chi connectivity index (χ2v) is 6.17. The normalized spacial score (nSPS) is 16.9. The van der Waals surface area contributed by atoms with Crippen molar-refractivity contribution in [2.75, 3.05) is 26.2 Å². The van der Waals surface area contributed by atoms with Crippen LogP contribution in [0.2, 0.25) is 0 Å². The first kappa shape index (κ1) is 15.8. The van der Waals surface area contributed by atoms with Crippen LogP contribution in [0.4, 0.5) is 0 Å². The summed E-state index contributed by atoms with van der Waals surface area (Å²) in [7, 11) is 2.00. The summed E-state index contributed by atoms with van der Waals surface area (Å²) in [5, 5.41) is 0. The Morgan fingerprint density at radius 3 is 2.76 bits per heavy atom. The van der Waals surface area contributed by atoms with Gasteiger partial charge in [-0.1, -0.05) is 13.5 Å². The third-order valence-corrected chi connectivity index (χ3v) is 4.32. The molecule has 21 heavy (non-hydrogen) atoms.